The van der Waals surface area contributed by atoms with E-state index in [1.165, 1.54) is 0 Å². The summed E-state index contributed by atoms with van der Waals surface area (Å²) in [6.45, 7) is 3.63. The fourth-order valence-electron chi connectivity index (χ4n) is 5.68. The lowest BCUT2D eigenvalue weighted by Crippen LogP contribution is -2.50. The molecule has 3 aliphatic rings. The quantitative estimate of drug-likeness (QED) is 0.472. The predicted molar refractivity (Wildman–Crippen MR) is 134 cm³/mol. The number of amides is 2. The molecule has 3 aromatic rings. The summed E-state index contributed by atoms with van der Waals surface area (Å²) >= 11 is 1.11. The highest BCUT2D eigenvalue weighted by atomic mass is 32.1. The molecule has 0 spiro atoms. The Labute approximate surface area is 207 Å². The highest BCUT2D eigenvalue weighted by molar-refractivity contribution is 7.19. The first kappa shape index (κ1) is 23.3. The van der Waals surface area contributed by atoms with E-state index in [0.717, 1.165) is 36.3 Å². The first-order chi connectivity index (χ1) is 16.8. The third-order valence-corrected chi connectivity index (χ3v) is 8.47. The molecular weight excluding hydrogens is 464 g/mol. The van der Waals surface area contributed by atoms with Crippen LogP contribution in [-0.4, -0.2) is 34.2 Å². The van der Waals surface area contributed by atoms with Crippen molar-refractivity contribution < 1.29 is 19.1 Å². The lowest BCUT2D eigenvalue weighted by atomic mass is 9.58. The van der Waals surface area contributed by atoms with E-state index in [1.54, 1.807) is 30.7 Å². The van der Waals surface area contributed by atoms with Crippen LogP contribution in [0.1, 0.15) is 57.5 Å². The van der Waals surface area contributed by atoms with E-state index in [9.17, 15) is 14.4 Å². The normalized spacial score (nSPS) is 22.4. The van der Waals surface area contributed by atoms with Crippen molar-refractivity contribution in [1.29, 1.82) is 0 Å². The largest absolute Gasteiger partial charge is 0.462 e. The third kappa shape index (κ3) is 3.93. The fraction of sp³-hybridized carbons (Fsp3) is 0.385. The van der Waals surface area contributed by atoms with E-state index < -0.39 is 5.97 Å². The van der Waals surface area contributed by atoms with E-state index in [1.807, 2.05) is 37.5 Å². The molecule has 0 radical (unpaired) electrons. The number of aryl methyl sites for hydroxylation is 1. The average molecular weight is 493 g/mol. The molecule has 2 amide bonds. The highest BCUT2D eigenvalue weighted by Crippen LogP contribution is 2.63. The van der Waals surface area contributed by atoms with Crippen molar-refractivity contribution in [3.63, 3.8) is 0 Å². The first-order valence-corrected chi connectivity index (χ1v) is 12.6. The van der Waals surface area contributed by atoms with E-state index in [4.69, 9.17) is 4.74 Å². The molecule has 182 valence electrons. The van der Waals surface area contributed by atoms with Gasteiger partial charge in [-0.25, -0.2) is 4.79 Å². The summed E-state index contributed by atoms with van der Waals surface area (Å²) in [5, 5.41) is 10.8. The molecule has 2 bridgehead atoms. The summed E-state index contributed by atoms with van der Waals surface area (Å²) in [7, 11) is 1.88. The van der Waals surface area contributed by atoms with Crippen LogP contribution in [0.25, 0.3) is 0 Å². The third-order valence-electron chi connectivity index (χ3n) is 7.26. The van der Waals surface area contributed by atoms with Gasteiger partial charge < -0.3 is 15.4 Å². The summed E-state index contributed by atoms with van der Waals surface area (Å²) in [6.07, 6.45) is 4.75. The lowest BCUT2D eigenvalue weighted by Gasteiger charge is -2.45. The smallest absolute Gasteiger partial charge is 0.341 e. The van der Waals surface area contributed by atoms with Crippen molar-refractivity contribution in [2.45, 2.75) is 38.5 Å². The second kappa shape index (κ2) is 8.96. The van der Waals surface area contributed by atoms with Crippen molar-refractivity contribution in [2.24, 2.45) is 18.9 Å². The van der Waals surface area contributed by atoms with Crippen LogP contribution in [-0.2, 0) is 22.0 Å². The van der Waals surface area contributed by atoms with Gasteiger partial charge >= 0.3 is 5.97 Å². The van der Waals surface area contributed by atoms with Crippen LogP contribution in [0, 0.1) is 18.8 Å². The van der Waals surface area contributed by atoms with Gasteiger partial charge in [0.1, 0.15) is 5.00 Å². The Bertz CT molecular complexity index is 1290. The van der Waals surface area contributed by atoms with Gasteiger partial charge in [0.25, 0.3) is 5.91 Å². The van der Waals surface area contributed by atoms with Crippen LogP contribution < -0.4 is 10.6 Å². The molecule has 0 aliphatic heterocycles. The van der Waals surface area contributed by atoms with Gasteiger partial charge in [-0.3, -0.25) is 14.3 Å². The monoisotopic (exact) mass is 492 g/mol. The van der Waals surface area contributed by atoms with Crippen LogP contribution >= 0.6 is 11.3 Å². The van der Waals surface area contributed by atoms with Crippen molar-refractivity contribution in [2.75, 3.05) is 17.2 Å². The number of rotatable bonds is 7. The first-order valence-electron chi connectivity index (χ1n) is 11.8. The van der Waals surface area contributed by atoms with Gasteiger partial charge in [-0.2, -0.15) is 5.10 Å². The molecule has 0 saturated heterocycles. The number of hydrogen-bond acceptors (Lipinski definition) is 6. The van der Waals surface area contributed by atoms with E-state index in [-0.39, 0.29) is 35.3 Å². The summed E-state index contributed by atoms with van der Waals surface area (Å²) in [5.41, 5.74) is 2.07. The Morgan fingerprint density at radius 1 is 1.20 bits per heavy atom. The summed E-state index contributed by atoms with van der Waals surface area (Å²) in [5.74, 6) is -0.933. The van der Waals surface area contributed by atoms with E-state index >= 15 is 0 Å². The molecule has 3 unspecified atom stereocenters. The minimum absolute atomic E-state index is 0.133. The van der Waals surface area contributed by atoms with Crippen LogP contribution in [0.2, 0.25) is 0 Å². The second-order valence-corrected chi connectivity index (χ2v) is 10.3. The maximum atomic E-state index is 13.6. The zero-order valence-corrected chi connectivity index (χ0v) is 20.8. The SMILES string of the molecule is CCOC(=O)c1c(NC(=O)C2C3CCC2(c2ccn(C)n2)C3)sc(C(=O)Nc2ccccc2)c1C. The Balaban J connectivity index is 1.44. The minimum Gasteiger partial charge on any atom is -0.462 e. The molecule has 2 N–H and O–H groups in total. The number of esters is 1. The number of ether oxygens (including phenoxy) is 1. The standard InChI is InChI=1S/C26H28N4O4S/c1-4-34-25(33)19-15(2)21(23(32)27-17-8-6-5-7-9-17)35-24(19)28-22(31)20-16-10-12-26(20,14-16)18-11-13-30(3)29-18/h5-9,11,13,16,20H,4,10,12,14H2,1-3H3,(H,27,32)(H,28,31). The van der Waals surface area contributed by atoms with Crippen LogP contribution in [0.3, 0.4) is 0 Å². The highest BCUT2D eigenvalue weighted by Gasteiger charge is 2.63. The Kier molecular flexibility index (Phi) is 5.96. The molecule has 2 aromatic heterocycles. The zero-order chi connectivity index (χ0) is 24.7. The predicted octanol–water partition coefficient (Wildman–Crippen LogP) is 4.53. The molecule has 3 saturated carbocycles. The molecule has 1 aromatic carbocycles. The van der Waals surface area contributed by atoms with Gasteiger partial charge in [-0.1, -0.05) is 18.2 Å². The number of para-hydroxylation sites is 1. The topological polar surface area (TPSA) is 102 Å². The molecule has 6 rings (SSSR count). The number of fused-ring (bicyclic) bond motifs is 1. The van der Waals surface area contributed by atoms with E-state index in [2.05, 4.69) is 15.7 Å². The number of nitrogens with one attached hydrogen (secondary N) is 2. The summed E-state index contributed by atoms with van der Waals surface area (Å²) < 4.78 is 7.03. The maximum Gasteiger partial charge on any atom is 0.341 e. The molecule has 9 heteroatoms. The number of nitrogens with zero attached hydrogens (tertiary/aromatic N) is 2. The molecule has 8 nitrogen and oxygen atoms in total. The lowest BCUT2D eigenvalue weighted by molar-refractivity contribution is -0.127. The molecule has 3 atom stereocenters. The average Bonchev–Trinajstić information content (AvgIpc) is 3.58. The van der Waals surface area contributed by atoms with E-state index in [0.29, 0.717) is 27.0 Å². The Hall–Kier alpha value is -3.46. The van der Waals surface area contributed by atoms with Crippen molar-refractivity contribution in [3.8, 4) is 0 Å². The zero-order valence-electron chi connectivity index (χ0n) is 20.0. The number of anilines is 2. The van der Waals surface area contributed by atoms with Crippen molar-refractivity contribution >= 4 is 39.8 Å². The van der Waals surface area contributed by atoms with Gasteiger partial charge in [0.2, 0.25) is 5.91 Å². The number of benzene rings is 1. The number of carbonyl (C=O) groups is 3. The van der Waals surface area contributed by atoms with Crippen molar-refractivity contribution in [3.05, 3.63) is 64.3 Å². The summed E-state index contributed by atoms with van der Waals surface area (Å²) in [6, 6.07) is 11.1. The Morgan fingerprint density at radius 3 is 2.63 bits per heavy atom. The molecule has 2 heterocycles. The van der Waals surface area contributed by atoms with Gasteiger partial charge in [-0.15, -0.1) is 11.3 Å². The number of carbonyl (C=O) groups excluding carboxylic acids is 3. The minimum atomic E-state index is -0.550. The number of aromatic nitrogens is 2. The Morgan fingerprint density at radius 2 is 1.97 bits per heavy atom. The summed E-state index contributed by atoms with van der Waals surface area (Å²) in [4.78, 5) is 39.8. The van der Waals surface area contributed by atoms with Crippen LogP contribution in [0.4, 0.5) is 10.7 Å². The van der Waals surface area contributed by atoms with Gasteiger partial charge in [0.05, 0.1) is 28.7 Å². The molecule has 3 aliphatic carbocycles. The van der Waals surface area contributed by atoms with Crippen LogP contribution in [0.15, 0.2) is 42.6 Å². The van der Waals surface area contributed by atoms with Gasteiger partial charge in [0, 0.05) is 24.3 Å². The molecule has 3 fully saturated rings. The fourth-order valence-corrected chi connectivity index (χ4v) is 6.77. The number of hydrogen-bond donors (Lipinski definition) is 2. The van der Waals surface area contributed by atoms with Crippen molar-refractivity contribution in [1.82, 2.24) is 9.78 Å². The second-order valence-electron chi connectivity index (χ2n) is 9.30. The van der Waals surface area contributed by atoms with Gasteiger partial charge in [0.15, 0.2) is 0 Å². The van der Waals surface area contributed by atoms with Gasteiger partial charge in [-0.05, 0) is 62.8 Å². The molecule has 35 heavy (non-hydrogen) atoms. The maximum absolute atomic E-state index is 13.6. The molecular formula is C26H28N4O4S. The van der Waals surface area contributed by atoms with Crippen LogP contribution in [0.5, 0.6) is 0 Å². The number of thiophene rings is 1.